The van der Waals surface area contributed by atoms with Crippen LogP contribution < -0.4 is 10.9 Å². The first-order chi connectivity index (χ1) is 8.52. The SMILES string of the molecule is CCc1ccc(C(=O)NNC(=O)C=C(C)C)cc1. The van der Waals surface area contributed by atoms with E-state index in [2.05, 4.69) is 17.8 Å². The van der Waals surface area contributed by atoms with Crippen molar-refractivity contribution in [1.82, 2.24) is 10.9 Å². The van der Waals surface area contributed by atoms with Crippen molar-refractivity contribution >= 4 is 11.8 Å². The topological polar surface area (TPSA) is 58.2 Å². The van der Waals surface area contributed by atoms with Crippen molar-refractivity contribution < 1.29 is 9.59 Å². The third-order valence-corrected chi connectivity index (χ3v) is 2.34. The van der Waals surface area contributed by atoms with Crippen LogP contribution in [0.15, 0.2) is 35.9 Å². The molecule has 4 heteroatoms. The number of rotatable bonds is 3. The second kappa shape index (κ2) is 6.59. The van der Waals surface area contributed by atoms with Crippen molar-refractivity contribution in [3.05, 3.63) is 47.0 Å². The smallest absolute Gasteiger partial charge is 0.268 e. The van der Waals surface area contributed by atoms with E-state index in [1.165, 1.54) is 11.6 Å². The molecule has 0 aliphatic rings. The van der Waals surface area contributed by atoms with Gasteiger partial charge in [0.05, 0.1) is 0 Å². The van der Waals surface area contributed by atoms with E-state index in [1.807, 2.05) is 26.0 Å². The van der Waals surface area contributed by atoms with Gasteiger partial charge in [0.15, 0.2) is 0 Å². The zero-order chi connectivity index (χ0) is 13.5. The predicted molar refractivity (Wildman–Crippen MR) is 70.9 cm³/mol. The summed E-state index contributed by atoms with van der Waals surface area (Å²) in [5.41, 5.74) is 7.24. The van der Waals surface area contributed by atoms with Gasteiger partial charge >= 0.3 is 0 Å². The summed E-state index contributed by atoms with van der Waals surface area (Å²) >= 11 is 0. The quantitative estimate of drug-likeness (QED) is 0.633. The molecule has 0 heterocycles. The number of nitrogens with one attached hydrogen (secondary N) is 2. The summed E-state index contributed by atoms with van der Waals surface area (Å²) in [5, 5.41) is 0. The highest BCUT2D eigenvalue weighted by molar-refractivity contribution is 5.96. The molecule has 0 saturated carbocycles. The van der Waals surface area contributed by atoms with Crippen LogP contribution in [0, 0.1) is 0 Å². The fraction of sp³-hybridized carbons (Fsp3) is 0.286. The third kappa shape index (κ3) is 4.41. The van der Waals surface area contributed by atoms with Gasteiger partial charge in [0.1, 0.15) is 0 Å². The Morgan fingerprint density at radius 1 is 1.11 bits per heavy atom. The highest BCUT2D eigenvalue weighted by atomic mass is 16.2. The molecule has 2 N–H and O–H groups in total. The van der Waals surface area contributed by atoms with Crippen molar-refractivity contribution in [2.45, 2.75) is 27.2 Å². The minimum Gasteiger partial charge on any atom is -0.268 e. The highest BCUT2D eigenvalue weighted by Crippen LogP contribution is 2.04. The van der Waals surface area contributed by atoms with E-state index in [-0.39, 0.29) is 11.8 Å². The molecule has 0 aliphatic carbocycles. The van der Waals surface area contributed by atoms with E-state index in [9.17, 15) is 9.59 Å². The predicted octanol–water partition coefficient (Wildman–Crippen LogP) is 1.98. The molecule has 0 bridgehead atoms. The number of benzene rings is 1. The van der Waals surface area contributed by atoms with Gasteiger partial charge in [-0.15, -0.1) is 0 Å². The standard InChI is InChI=1S/C14H18N2O2/c1-4-11-5-7-12(8-6-11)14(18)16-15-13(17)9-10(2)3/h5-9H,4H2,1-3H3,(H,15,17)(H,16,18). The van der Waals surface area contributed by atoms with E-state index in [0.29, 0.717) is 5.56 Å². The normalized spacial score (nSPS) is 9.50. The van der Waals surface area contributed by atoms with Crippen molar-refractivity contribution in [1.29, 1.82) is 0 Å². The summed E-state index contributed by atoms with van der Waals surface area (Å²) in [6.45, 7) is 5.67. The second-order valence-corrected chi connectivity index (χ2v) is 4.22. The molecule has 0 unspecified atom stereocenters. The van der Waals surface area contributed by atoms with Crippen molar-refractivity contribution in [3.63, 3.8) is 0 Å². The molecule has 0 spiro atoms. The molecule has 4 nitrogen and oxygen atoms in total. The van der Waals surface area contributed by atoms with Crippen LogP contribution in [0.1, 0.15) is 36.7 Å². The van der Waals surface area contributed by atoms with Crippen LogP contribution in [-0.2, 0) is 11.2 Å². The Kier molecular flexibility index (Phi) is 5.11. The summed E-state index contributed by atoms with van der Waals surface area (Å²) < 4.78 is 0. The van der Waals surface area contributed by atoms with Crippen LogP contribution in [0.5, 0.6) is 0 Å². The number of allylic oxidation sites excluding steroid dienone is 1. The molecule has 0 aromatic heterocycles. The van der Waals surface area contributed by atoms with Crippen LogP contribution in [0.25, 0.3) is 0 Å². The van der Waals surface area contributed by atoms with Crippen molar-refractivity contribution in [3.8, 4) is 0 Å². The van der Waals surface area contributed by atoms with Gasteiger partial charge in [0.2, 0.25) is 0 Å². The fourth-order valence-corrected chi connectivity index (χ4v) is 1.38. The van der Waals surface area contributed by atoms with Crippen molar-refractivity contribution in [2.75, 3.05) is 0 Å². The van der Waals surface area contributed by atoms with E-state index in [0.717, 1.165) is 12.0 Å². The molecular formula is C14H18N2O2. The lowest BCUT2D eigenvalue weighted by Crippen LogP contribution is -2.40. The highest BCUT2D eigenvalue weighted by Gasteiger charge is 2.05. The maximum atomic E-state index is 11.7. The lowest BCUT2D eigenvalue weighted by Gasteiger charge is -2.06. The Bertz CT molecular complexity index is 457. The Morgan fingerprint density at radius 2 is 1.72 bits per heavy atom. The average molecular weight is 246 g/mol. The lowest BCUT2D eigenvalue weighted by molar-refractivity contribution is -0.117. The molecule has 18 heavy (non-hydrogen) atoms. The van der Waals surface area contributed by atoms with E-state index in [4.69, 9.17) is 0 Å². The van der Waals surface area contributed by atoms with Crippen LogP contribution in [0.3, 0.4) is 0 Å². The Hall–Kier alpha value is -2.10. The third-order valence-electron chi connectivity index (χ3n) is 2.34. The second-order valence-electron chi connectivity index (χ2n) is 4.22. The van der Waals surface area contributed by atoms with Gasteiger partial charge in [-0.1, -0.05) is 24.6 Å². The minimum absolute atomic E-state index is 0.326. The molecule has 96 valence electrons. The molecular weight excluding hydrogens is 228 g/mol. The molecule has 1 aromatic carbocycles. The Balaban J connectivity index is 2.55. The summed E-state index contributed by atoms with van der Waals surface area (Å²) in [6, 6.07) is 7.27. The first kappa shape index (κ1) is 14.0. The van der Waals surface area contributed by atoms with Gasteiger partial charge in [-0.2, -0.15) is 0 Å². The lowest BCUT2D eigenvalue weighted by atomic mass is 10.1. The molecule has 0 aliphatic heterocycles. The molecule has 0 radical (unpaired) electrons. The van der Waals surface area contributed by atoms with Crippen LogP contribution in [0.4, 0.5) is 0 Å². The number of carbonyl (C=O) groups is 2. The fourth-order valence-electron chi connectivity index (χ4n) is 1.38. The number of aryl methyl sites for hydroxylation is 1. The number of hydrogen-bond donors (Lipinski definition) is 2. The molecule has 0 saturated heterocycles. The van der Waals surface area contributed by atoms with Gasteiger partial charge in [0, 0.05) is 11.6 Å². The van der Waals surface area contributed by atoms with Crippen LogP contribution >= 0.6 is 0 Å². The van der Waals surface area contributed by atoms with Gasteiger partial charge in [-0.3, -0.25) is 20.4 Å². The zero-order valence-electron chi connectivity index (χ0n) is 10.9. The van der Waals surface area contributed by atoms with Crippen molar-refractivity contribution in [2.24, 2.45) is 0 Å². The van der Waals surface area contributed by atoms with Gasteiger partial charge < -0.3 is 0 Å². The summed E-state index contributed by atoms with van der Waals surface area (Å²) in [5.74, 6) is -0.665. The summed E-state index contributed by atoms with van der Waals surface area (Å²) in [6.07, 6.45) is 2.35. The maximum Gasteiger partial charge on any atom is 0.269 e. The van der Waals surface area contributed by atoms with Gasteiger partial charge in [-0.05, 0) is 38.0 Å². The number of amides is 2. The monoisotopic (exact) mass is 246 g/mol. The minimum atomic E-state index is -0.339. The molecule has 1 rings (SSSR count). The number of hydrogen-bond acceptors (Lipinski definition) is 2. The van der Waals surface area contributed by atoms with E-state index < -0.39 is 0 Å². The van der Waals surface area contributed by atoms with E-state index >= 15 is 0 Å². The summed E-state index contributed by atoms with van der Waals surface area (Å²) in [4.78, 5) is 23.0. The van der Waals surface area contributed by atoms with Crippen LogP contribution in [-0.4, -0.2) is 11.8 Å². The van der Waals surface area contributed by atoms with E-state index in [1.54, 1.807) is 12.1 Å². The van der Waals surface area contributed by atoms with Crippen LogP contribution in [0.2, 0.25) is 0 Å². The summed E-state index contributed by atoms with van der Waals surface area (Å²) in [7, 11) is 0. The maximum absolute atomic E-state index is 11.7. The first-order valence-corrected chi connectivity index (χ1v) is 5.87. The average Bonchev–Trinajstić information content (AvgIpc) is 2.35. The Morgan fingerprint density at radius 3 is 2.22 bits per heavy atom. The Labute approximate surface area is 107 Å². The molecule has 2 amide bonds. The zero-order valence-corrected chi connectivity index (χ0v) is 10.9. The molecule has 0 atom stereocenters. The molecule has 0 fully saturated rings. The van der Waals surface area contributed by atoms with Gasteiger partial charge in [-0.25, -0.2) is 0 Å². The molecule has 1 aromatic rings. The largest absolute Gasteiger partial charge is 0.269 e. The van der Waals surface area contributed by atoms with Gasteiger partial charge in [0.25, 0.3) is 11.8 Å². The first-order valence-electron chi connectivity index (χ1n) is 5.87. The number of carbonyl (C=O) groups excluding carboxylic acids is 2. The number of hydrazine groups is 1.